The van der Waals surface area contributed by atoms with E-state index in [2.05, 4.69) is 10.6 Å². The molecule has 19 heavy (non-hydrogen) atoms. The summed E-state index contributed by atoms with van der Waals surface area (Å²) in [6.45, 7) is 1.75. The number of urea groups is 1. The summed E-state index contributed by atoms with van der Waals surface area (Å²) >= 11 is 0. The Kier molecular flexibility index (Phi) is 3.89. The van der Waals surface area contributed by atoms with Gasteiger partial charge in [-0.25, -0.2) is 4.79 Å². The van der Waals surface area contributed by atoms with Crippen LogP contribution in [0.4, 0.5) is 4.79 Å². The van der Waals surface area contributed by atoms with Crippen LogP contribution in [0.15, 0.2) is 24.3 Å². The van der Waals surface area contributed by atoms with Gasteiger partial charge in [-0.05, 0) is 18.6 Å². The number of hydrogen-bond donors (Lipinski definition) is 3. The molecule has 0 radical (unpaired) electrons. The lowest BCUT2D eigenvalue weighted by Gasteiger charge is -2.14. The number of fused-ring (bicyclic) bond motifs is 1. The molecule has 2 amide bonds. The molecule has 1 aliphatic rings. The molecule has 1 heterocycles. The Morgan fingerprint density at radius 3 is 2.89 bits per heavy atom. The fourth-order valence-corrected chi connectivity index (χ4v) is 1.88. The molecule has 3 N–H and O–H groups in total. The van der Waals surface area contributed by atoms with Crippen LogP contribution in [-0.4, -0.2) is 35.8 Å². The lowest BCUT2D eigenvalue weighted by atomic mass is 10.1. The van der Waals surface area contributed by atoms with Crippen molar-refractivity contribution < 1.29 is 19.4 Å². The van der Waals surface area contributed by atoms with Gasteiger partial charge >= 0.3 is 12.0 Å². The van der Waals surface area contributed by atoms with Gasteiger partial charge in [-0.3, -0.25) is 4.79 Å². The zero-order valence-corrected chi connectivity index (χ0v) is 10.6. The second kappa shape index (κ2) is 5.60. The molecule has 0 saturated heterocycles. The molecule has 0 bridgehead atoms. The first-order chi connectivity index (χ1) is 9.06. The topological polar surface area (TPSA) is 87.7 Å². The standard InChI is InChI=1S/C13H16N2O4/c1-8(12(16)17)15-13(18)14-7-10-6-9-4-2-3-5-11(9)19-10/h2-5,8,10H,6-7H2,1H3,(H,16,17)(H2,14,15,18)/t8-,10?/m1/s1. The van der Waals surface area contributed by atoms with Crippen molar-refractivity contribution in [3.63, 3.8) is 0 Å². The Morgan fingerprint density at radius 1 is 1.47 bits per heavy atom. The highest BCUT2D eigenvalue weighted by molar-refractivity contribution is 5.82. The van der Waals surface area contributed by atoms with Gasteiger partial charge in [-0.1, -0.05) is 18.2 Å². The maximum atomic E-state index is 11.4. The quantitative estimate of drug-likeness (QED) is 0.749. The van der Waals surface area contributed by atoms with Crippen LogP contribution < -0.4 is 15.4 Å². The first-order valence-corrected chi connectivity index (χ1v) is 6.08. The summed E-state index contributed by atoms with van der Waals surface area (Å²) in [7, 11) is 0. The lowest BCUT2D eigenvalue weighted by Crippen LogP contribution is -2.46. The summed E-state index contributed by atoms with van der Waals surface area (Å²) in [4.78, 5) is 22.0. The van der Waals surface area contributed by atoms with Crippen LogP contribution in [0, 0.1) is 0 Å². The highest BCUT2D eigenvalue weighted by Crippen LogP contribution is 2.27. The van der Waals surface area contributed by atoms with Crippen LogP contribution >= 0.6 is 0 Å². The van der Waals surface area contributed by atoms with E-state index in [0.717, 1.165) is 17.7 Å². The van der Waals surface area contributed by atoms with Crippen molar-refractivity contribution in [2.45, 2.75) is 25.5 Å². The predicted molar refractivity (Wildman–Crippen MR) is 68.2 cm³/mol. The van der Waals surface area contributed by atoms with Crippen molar-refractivity contribution in [3.05, 3.63) is 29.8 Å². The molecular formula is C13H16N2O4. The molecule has 1 aliphatic heterocycles. The van der Waals surface area contributed by atoms with Gasteiger partial charge in [0.1, 0.15) is 17.9 Å². The SMILES string of the molecule is C[C@@H](NC(=O)NCC1Cc2ccccc2O1)C(=O)O. The van der Waals surface area contributed by atoms with Gasteiger partial charge in [0, 0.05) is 6.42 Å². The normalized spacial score (nSPS) is 18.1. The molecule has 1 aromatic carbocycles. The maximum Gasteiger partial charge on any atom is 0.325 e. The molecule has 2 atom stereocenters. The highest BCUT2D eigenvalue weighted by atomic mass is 16.5. The van der Waals surface area contributed by atoms with Crippen molar-refractivity contribution in [2.24, 2.45) is 0 Å². The van der Waals surface area contributed by atoms with E-state index < -0.39 is 18.0 Å². The minimum absolute atomic E-state index is 0.108. The molecular weight excluding hydrogens is 248 g/mol. The van der Waals surface area contributed by atoms with E-state index in [0.29, 0.717) is 6.54 Å². The predicted octanol–water partition coefficient (Wildman–Crippen LogP) is 0.762. The molecule has 0 aromatic heterocycles. The molecule has 0 fully saturated rings. The molecule has 1 unspecified atom stereocenters. The Morgan fingerprint density at radius 2 is 2.21 bits per heavy atom. The van der Waals surface area contributed by atoms with E-state index in [1.165, 1.54) is 6.92 Å². The van der Waals surface area contributed by atoms with E-state index in [1.807, 2.05) is 24.3 Å². The van der Waals surface area contributed by atoms with Gasteiger partial charge in [0.2, 0.25) is 0 Å². The van der Waals surface area contributed by atoms with E-state index in [4.69, 9.17) is 9.84 Å². The van der Waals surface area contributed by atoms with Gasteiger partial charge in [-0.15, -0.1) is 0 Å². The minimum Gasteiger partial charge on any atom is -0.488 e. The first-order valence-electron chi connectivity index (χ1n) is 6.08. The molecule has 2 rings (SSSR count). The van der Waals surface area contributed by atoms with Crippen molar-refractivity contribution in [3.8, 4) is 5.75 Å². The minimum atomic E-state index is -1.07. The van der Waals surface area contributed by atoms with E-state index in [-0.39, 0.29) is 6.10 Å². The van der Waals surface area contributed by atoms with E-state index >= 15 is 0 Å². The zero-order valence-electron chi connectivity index (χ0n) is 10.6. The second-order valence-corrected chi connectivity index (χ2v) is 4.47. The van der Waals surface area contributed by atoms with Gasteiger partial charge < -0.3 is 20.5 Å². The number of nitrogens with one attached hydrogen (secondary N) is 2. The maximum absolute atomic E-state index is 11.4. The zero-order chi connectivity index (χ0) is 13.8. The monoisotopic (exact) mass is 264 g/mol. The van der Waals surface area contributed by atoms with Crippen molar-refractivity contribution >= 4 is 12.0 Å². The van der Waals surface area contributed by atoms with E-state index in [1.54, 1.807) is 0 Å². The Bertz CT molecular complexity index is 464. The summed E-state index contributed by atoms with van der Waals surface area (Å²) in [5, 5.41) is 13.6. The molecule has 0 spiro atoms. The number of aliphatic carboxylic acids is 1. The number of amides is 2. The van der Waals surface area contributed by atoms with Crippen LogP contribution in [0.1, 0.15) is 12.5 Å². The Labute approximate surface area is 110 Å². The molecule has 1 aromatic rings. The van der Waals surface area contributed by atoms with E-state index in [9.17, 15) is 9.59 Å². The molecule has 0 saturated carbocycles. The number of carboxylic acid groups (broad SMARTS) is 1. The van der Waals surface area contributed by atoms with Crippen molar-refractivity contribution in [1.29, 1.82) is 0 Å². The van der Waals surface area contributed by atoms with Crippen LogP contribution in [0.25, 0.3) is 0 Å². The molecule has 0 aliphatic carbocycles. The average molecular weight is 264 g/mol. The number of ether oxygens (including phenoxy) is 1. The Hall–Kier alpha value is -2.24. The average Bonchev–Trinajstić information content (AvgIpc) is 2.78. The van der Waals surface area contributed by atoms with Crippen LogP contribution in [0.2, 0.25) is 0 Å². The summed E-state index contributed by atoms with van der Waals surface area (Å²) in [6, 6.07) is 6.30. The third-order valence-corrected chi connectivity index (χ3v) is 2.92. The number of carbonyl (C=O) groups excluding carboxylic acids is 1. The Balaban J connectivity index is 1.76. The summed E-state index contributed by atoms with van der Waals surface area (Å²) < 4.78 is 5.65. The molecule has 6 nitrogen and oxygen atoms in total. The van der Waals surface area contributed by atoms with Crippen LogP contribution in [-0.2, 0) is 11.2 Å². The third kappa shape index (κ3) is 3.37. The summed E-state index contributed by atoms with van der Waals surface area (Å²) in [5.41, 5.74) is 1.12. The van der Waals surface area contributed by atoms with Gasteiger partial charge in [0.25, 0.3) is 0 Å². The second-order valence-electron chi connectivity index (χ2n) is 4.47. The number of rotatable bonds is 4. The number of benzene rings is 1. The highest BCUT2D eigenvalue weighted by Gasteiger charge is 2.23. The van der Waals surface area contributed by atoms with Gasteiger partial charge in [0.05, 0.1) is 6.54 Å². The van der Waals surface area contributed by atoms with Gasteiger partial charge in [-0.2, -0.15) is 0 Å². The van der Waals surface area contributed by atoms with Crippen LogP contribution in [0.3, 0.4) is 0 Å². The summed E-state index contributed by atoms with van der Waals surface area (Å²) in [5.74, 6) is -0.228. The molecule has 102 valence electrons. The fraction of sp³-hybridized carbons (Fsp3) is 0.385. The van der Waals surface area contributed by atoms with Crippen molar-refractivity contribution in [2.75, 3.05) is 6.54 Å². The fourth-order valence-electron chi connectivity index (χ4n) is 1.88. The van der Waals surface area contributed by atoms with Gasteiger partial charge in [0.15, 0.2) is 0 Å². The number of hydrogen-bond acceptors (Lipinski definition) is 3. The number of carbonyl (C=O) groups is 2. The van der Waals surface area contributed by atoms with Crippen LogP contribution in [0.5, 0.6) is 5.75 Å². The van der Waals surface area contributed by atoms with Crippen molar-refractivity contribution in [1.82, 2.24) is 10.6 Å². The molecule has 6 heteroatoms. The number of carboxylic acids is 1. The number of para-hydroxylation sites is 1. The smallest absolute Gasteiger partial charge is 0.325 e. The third-order valence-electron chi connectivity index (χ3n) is 2.92. The largest absolute Gasteiger partial charge is 0.488 e. The first kappa shape index (κ1) is 13.2. The summed E-state index contributed by atoms with van der Waals surface area (Å²) in [6.07, 6.45) is 0.633. The lowest BCUT2D eigenvalue weighted by molar-refractivity contribution is -0.138.